The molecule has 8 heteroatoms. The Balaban J connectivity index is 1.92. The van der Waals surface area contributed by atoms with Crippen molar-refractivity contribution in [1.29, 1.82) is 5.26 Å². The van der Waals surface area contributed by atoms with Gasteiger partial charge in [-0.1, -0.05) is 18.2 Å². The first kappa shape index (κ1) is 22.3. The van der Waals surface area contributed by atoms with E-state index in [-0.39, 0.29) is 29.9 Å². The minimum absolute atomic E-state index is 0.120. The average Bonchev–Trinajstić information content (AvgIpc) is 2.81. The Kier molecular flexibility index (Phi) is 7.38. The lowest BCUT2D eigenvalue weighted by molar-refractivity contribution is -0.383. The highest BCUT2D eigenvalue weighted by Gasteiger charge is 2.22. The van der Waals surface area contributed by atoms with Gasteiger partial charge in [-0.3, -0.25) is 14.9 Å². The lowest BCUT2D eigenvalue weighted by Gasteiger charge is -2.22. The Hall–Kier alpha value is -4.38. The van der Waals surface area contributed by atoms with E-state index in [2.05, 4.69) is 5.32 Å². The molecule has 3 aromatic rings. The molecule has 0 atom stereocenters. The van der Waals surface area contributed by atoms with Gasteiger partial charge < -0.3 is 15.0 Å². The molecule has 0 unspecified atom stereocenters. The number of anilines is 3. The predicted molar refractivity (Wildman–Crippen MR) is 122 cm³/mol. The maximum Gasteiger partial charge on any atom is 0.293 e. The van der Waals surface area contributed by atoms with Crippen LogP contribution in [0.25, 0.3) is 0 Å². The molecule has 162 valence electrons. The molecule has 0 fully saturated rings. The van der Waals surface area contributed by atoms with Crippen molar-refractivity contribution in [3.8, 4) is 11.8 Å². The van der Waals surface area contributed by atoms with Crippen molar-refractivity contribution in [2.45, 2.75) is 13.3 Å². The summed E-state index contributed by atoms with van der Waals surface area (Å²) in [5, 5.41) is 23.7. The Morgan fingerprint density at radius 3 is 2.47 bits per heavy atom. The first-order valence-corrected chi connectivity index (χ1v) is 10.1. The van der Waals surface area contributed by atoms with Crippen LogP contribution in [0.4, 0.5) is 22.7 Å². The molecule has 0 aliphatic heterocycles. The van der Waals surface area contributed by atoms with Crippen molar-refractivity contribution in [2.24, 2.45) is 0 Å². The number of hydrogen-bond donors (Lipinski definition) is 1. The van der Waals surface area contributed by atoms with Crippen molar-refractivity contribution in [1.82, 2.24) is 0 Å². The molecule has 0 heterocycles. The maximum atomic E-state index is 13.2. The molecular formula is C24H22N4O4. The van der Waals surface area contributed by atoms with E-state index in [0.717, 1.165) is 0 Å². The van der Waals surface area contributed by atoms with Gasteiger partial charge in [0.1, 0.15) is 11.4 Å². The van der Waals surface area contributed by atoms with Crippen LogP contribution in [0.5, 0.6) is 5.75 Å². The van der Waals surface area contributed by atoms with Gasteiger partial charge >= 0.3 is 0 Å². The summed E-state index contributed by atoms with van der Waals surface area (Å²) in [5.41, 5.74) is 1.48. The Labute approximate surface area is 185 Å². The second kappa shape index (κ2) is 10.6. The number of ether oxygens (including phenoxy) is 1. The fourth-order valence-electron chi connectivity index (χ4n) is 3.15. The van der Waals surface area contributed by atoms with Gasteiger partial charge in [0.05, 0.1) is 24.0 Å². The van der Waals surface area contributed by atoms with Crippen LogP contribution in [0, 0.1) is 21.4 Å². The van der Waals surface area contributed by atoms with Gasteiger partial charge in [0.15, 0.2) is 0 Å². The highest BCUT2D eigenvalue weighted by atomic mass is 16.6. The van der Waals surface area contributed by atoms with Gasteiger partial charge in [-0.05, 0) is 55.5 Å². The van der Waals surface area contributed by atoms with Crippen LogP contribution in [0.15, 0.2) is 72.8 Å². The van der Waals surface area contributed by atoms with Crippen molar-refractivity contribution in [3.63, 3.8) is 0 Å². The fourth-order valence-corrected chi connectivity index (χ4v) is 3.15. The smallest absolute Gasteiger partial charge is 0.293 e. The molecule has 0 bridgehead atoms. The van der Waals surface area contributed by atoms with Gasteiger partial charge in [0, 0.05) is 29.5 Å². The summed E-state index contributed by atoms with van der Waals surface area (Å²) in [5.74, 6) is 0.231. The molecule has 32 heavy (non-hydrogen) atoms. The SMILES string of the molecule is CCOc1ccc(N(CCC#N)C(=O)c2ccc(Nc3ccccc3)c([N+](=O)[O-])c2)cc1. The van der Waals surface area contributed by atoms with Crippen LogP contribution in [0.1, 0.15) is 23.7 Å². The molecule has 0 aliphatic carbocycles. The van der Waals surface area contributed by atoms with E-state index >= 15 is 0 Å². The standard InChI is InChI=1S/C24H22N4O4/c1-2-32-21-12-10-20(11-13-21)27(16-6-15-25)24(29)18-9-14-22(23(17-18)28(30)31)26-19-7-4-3-5-8-19/h3-5,7-14,17,26H,2,6,16H2,1H3. The average molecular weight is 430 g/mol. The molecule has 8 nitrogen and oxygen atoms in total. The summed E-state index contributed by atoms with van der Waals surface area (Å²) in [7, 11) is 0. The van der Waals surface area contributed by atoms with Crippen LogP contribution in [-0.2, 0) is 0 Å². The minimum atomic E-state index is -0.529. The summed E-state index contributed by atoms with van der Waals surface area (Å²) >= 11 is 0. The third-order valence-corrected chi connectivity index (χ3v) is 4.65. The summed E-state index contributed by atoms with van der Waals surface area (Å²) in [4.78, 5) is 25.8. The Morgan fingerprint density at radius 1 is 1.12 bits per heavy atom. The molecular weight excluding hydrogens is 408 g/mol. The zero-order valence-corrected chi connectivity index (χ0v) is 17.5. The predicted octanol–water partition coefficient (Wildman–Crippen LogP) is 5.30. The number of nitriles is 1. The maximum absolute atomic E-state index is 13.2. The highest BCUT2D eigenvalue weighted by Crippen LogP contribution is 2.30. The summed E-state index contributed by atoms with van der Waals surface area (Å²) in [6, 6.07) is 22.3. The molecule has 1 amide bonds. The van der Waals surface area contributed by atoms with Crippen LogP contribution in [0.3, 0.4) is 0 Å². The van der Waals surface area contributed by atoms with Crippen molar-refractivity contribution in [2.75, 3.05) is 23.4 Å². The van der Waals surface area contributed by atoms with Gasteiger partial charge in [0.25, 0.3) is 11.6 Å². The molecule has 0 aliphatic rings. The van der Waals surface area contributed by atoms with Gasteiger partial charge in [-0.15, -0.1) is 0 Å². The minimum Gasteiger partial charge on any atom is -0.494 e. The first-order chi connectivity index (χ1) is 15.5. The summed E-state index contributed by atoms with van der Waals surface area (Å²) in [6.45, 7) is 2.55. The number of para-hydroxylation sites is 1. The summed E-state index contributed by atoms with van der Waals surface area (Å²) < 4.78 is 5.43. The lowest BCUT2D eigenvalue weighted by Crippen LogP contribution is -2.31. The van der Waals surface area contributed by atoms with E-state index < -0.39 is 10.8 Å². The molecule has 0 spiro atoms. The third-order valence-electron chi connectivity index (χ3n) is 4.65. The number of hydrogen-bond acceptors (Lipinski definition) is 6. The molecule has 0 aromatic heterocycles. The van der Waals surface area contributed by atoms with Gasteiger partial charge in [-0.2, -0.15) is 5.26 Å². The largest absolute Gasteiger partial charge is 0.494 e. The van der Waals surface area contributed by atoms with Crippen LogP contribution < -0.4 is 15.0 Å². The van der Waals surface area contributed by atoms with Gasteiger partial charge in [-0.25, -0.2) is 0 Å². The van der Waals surface area contributed by atoms with E-state index in [0.29, 0.717) is 23.7 Å². The molecule has 3 aromatic carbocycles. The lowest BCUT2D eigenvalue weighted by atomic mass is 10.1. The normalized spacial score (nSPS) is 10.1. The number of carbonyl (C=O) groups is 1. The molecule has 3 rings (SSSR count). The number of benzene rings is 3. The monoisotopic (exact) mass is 430 g/mol. The zero-order valence-electron chi connectivity index (χ0n) is 17.5. The van der Waals surface area contributed by atoms with Crippen molar-refractivity contribution in [3.05, 3.63) is 88.5 Å². The number of nitro benzene ring substituents is 1. The second-order valence-electron chi connectivity index (χ2n) is 6.77. The second-order valence-corrected chi connectivity index (χ2v) is 6.77. The van der Waals surface area contributed by atoms with Gasteiger partial charge in [0.2, 0.25) is 0 Å². The molecule has 0 saturated carbocycles. The van der Waals surface area contributed by atoms with Crippen molar-refractivity contribution >= 4 is 28.7 Å². The van der Waals surface area contributed by atoms with E-state index in [1.807, 2.05) is 31.2 Å². The fraction of sp³-hybridized carbons (Fsp3) is 0.167. The van der Waals surface area contributed by atoms with Crippen LogP contribution in [-0.4, -0.2) is 24.0 Å². The van der Waals surface area contributed by atoms with Crippen molar-refractivity contribution < 1.29 is 14.5 Å². The molecule has 1 N–H and O–H groups in total. The number of amides is 1. The van der Waals surface area contributed by atoms with E-state index in [1.54, 1.807) is 36.4 Å². The molecule has 0 saturated heterocycles. The number of carbonyl (C=O) groups excluding carboxylic acids is 1. The number of nitrogens with zero attached hydrogens (tertiary/aromatic N) is 3. The number of rotatable bonds is 9. The van der Waals surface area contributed by atoms with E-state index in [1.165, 1.54) is 23.1 Å². The topological polar surface area (TPSA) is 108 Å². The highest BCUT2D eigenvalue weighted by molar-refractivity contribution is 6.07. The quantitative estimate of drug-likeness (QED) is 0.365. The summed E-state index contributed by atoms with van der Waals surface area (Å²) in [6.07, 6.45) is 0.120. The zero-order chi connectivity index (χ0) is 22.9. The number of nitrogens with one attached hydrogen (secondary N) is 1. The number of nitro groups is 1. The van der Waals surface area contributed by atoms with E-state index in [4.69, 9.17) is 10.00 Å². The Morgan fingerprint density at radius 2 is 1.84 bits per heavy atom. The first-order valence-electron chi connectivity index (χ1n) is 10.1. The third kappa shape index (κ3) is 5.40. The van der Waals surface area contributed by atoms with E-state index in [9.17, 15) is 14.9 Å². The van der Waals surface area contributed by atoms with Crippen LogP contribution in [0.2, 0.25) is 0 Å². The van der Waals surface area contributed by atoms with Crippen LogP contribution >= 0.6 is 0 Å². The Bertz CT molecular complexity index is 1120. The molecule has 0 radical (unpaired) electrons.